The minimum atomic E-state index is -4.48. The molecule has 2 N–H and O–H groups in total. The lowest BCUT2D eigenvalue weighted by molar-refractivity contribution is -0.383. The van der Waals surface area contributed by atoms with Gasteiger partial charge >= 0.3 is 11.9 Å². The fourth-order valence-corrected chi connectivity index (χ4v) is 2.41. The zero-order valence-corrected chi connectivity index (χ0v) is 14.6. The Bertz CT molecular complexity index is 995. The van der Waals surface area contributed by atoms with E-state index in [0.717, 1.165) is 30.6 Å². The number of nitrogens with zero attached hydrogens (tertiary/aromatic N) is 3. The summed E-state index contributed by atoms with van der Waals surface area (Å²) < 4.78 is 38.0. The highest BCUT2D eigenvalue weighted by atomic mass is 35.5. The molecule has 0 aliphatic heterocycles. The van der Waals surface area contributed by atoms with Crippen LogP contribution in [0.2, 0.25) is 5.02 Å². The van der Waals surface area contributed by atoms with Crippen molar-refractivity contribution in [2.45, 2.75) is 6.18 Å². The third-order valence-electron chi connectivity index (χ3n) is 3.59. The van der Waals surface area contributed by atoms with E-state index in [1.165, 1.54) is 0 Å². The largest absolute Gasteiger partial charge is 0.416 e. The molecule has 2 aromatic carbocycles. The number of nitrogens with one attached hydrogen (secondary N) is 2. The smallest absolute Gasteiger partial charge is 0.334 e. The average molecular weight is 410 g/mol. The molecule has 0 aliphatic rings. The number of benzene rings is 2. The predicted molar refractivity (Wildman–Crippen MR) is 98.1 cm³/mol. The van der Waals surface area contributed by atoms with Gasteiger partial charge in [-0.05, 0) is 48.5 Å². The van der Waals surface area contributed by atoms with E-state index in [2.05, 4.69) is 20.6 Å². The summed E-state index contributed by atoms with van der Waals surface area (Å²) in [4.78, 5) is 18.6. The van der Waals surface area contributed by atoms with E-state index in [9.17, 15) is 23.3 Å². The van der Waals surface area contributed by atoms with Crippen molar-refractivity contribution in [2.24, 2.45) is 0 Å². The van der Waals surface area contributed by atoms with Crippen molar-refractivity contribution in [3.05, 3.63) is 75.6 Å². The molecule has 0 saturated heterocycles. The highest BCUT2D eigenvalue weighted by molar-refractivity contribution is 6.30. The molecule has 0 radical (unpaired) electrons. The number of halogens is 4. The lowest BCUT2D eigenvalue weighted by Gasteiger charge is -2.11. The summed E-state index contributed by atoms with van der Waals surface area (Å²) in [5.74, 6) is -0.257. The van der Waals surface area contributed by atoms with Crippen LogP contribution in [0.5, 0.6) is 0 Å². The maximum Gasteiger partial charge on any atom is 0.416 e. The maximum absolute atomic E-state index is 12.7. The van der Waals surface area contributed by atoms with Crippen molar-refractivity contribution in [3.8, 4) is 0 Å². The van der Waals surface area contributed by atoms with Crippen LogP contribution in [-0.2, 0) is 6.18 Å². The molecule has 0 bridgehead atoms. The molecule has 0 amide bonds. The van der Waals surface area contributed by atoms with Crippen molar-refractivity contribution in [2.75, 3.05) is 10.6 Å². The summed E-state index contributed by atoms with van der Waals surface area (Å²) in [6.07, 6.45) is -3.38. The van der Waals surface area contributed by atoms with E-state index in [4.69, 9.17) is 11.6 Å². The Hall–Kier alpha value is -3.40. The predicted octanol–water partition coefficient (Wildman–Crippen LogP) is 5.54. The van der Waals surface area contributed by atoms with Gasteiger partial charge in [-0.1, -0.05) is 11.6 Å². The first-order valence-corrected chi connectivity index (χ1v) is 8.08. The number of hydrogen-bond donors (Lipinski definition) is 2. The Labute approximate surface area is 161 Å². The molecule has 0 spiro atoms. The van der Waals surface area contributed by atoms with Crippen molar-refractivity contribution in [3.63, 3.8) is 0 Å². The van der Waals surface area contributed by atoms with Gasteiger partial charge in [0, 0.05) is 16.4 Å². The van der Waals surface area contributed by atoms with Gasteiger partial charge in [-0.2, -0.15) is 13.2 Å². The number of alkyl halides is 3. The molecule has 1 heterocycles. The summed E-state index contributed by atoms with van der Waals surface area (Å²) in [5, 5.41) is 17.5. The fraction of sp³-hybridized carbons (Fsp3) is 0.0588. The Morgan fingerprint density at radius 2 is 1.36 bits per heavy atom. The lowest BCUT2D eigenvalue weighted by Crippen LogP contribution is -2.06. The number of rotatable bonds is 5. The van der Waals surface area contributed by atoms with Crippen LogP contribution in [0.4, 0.5) is 41.9 Å². The standard InChI is InChI=1S/C17H11ClF3N5O2/c18-11-3-7-13(8-4-11)25-16-14(26(27)28)15(22-9-23-16)24-12-5-1-10(2-6-12)17(19,20)21/h1-9H,(H2,22,23,24,25). The van der Waals surface area contributed by atoms with Crippen molar-refractivity contribution >= 4 is 40.3 Å². The van der Waals surface area contributed by atoms with Gasteiger partial charge in [0.25, 0.3) is 0 Å². The fourth-order valence-electron chi connectivity index (χ4n) is 2.28. The number of aromatic nitrogens is 2. The molecule has 3 aromatic rings. The zero-order valence-electron chi connectivity index (χ0n) is 13.9. The molecule has 3 rings (SSSR count). The van der Waals surface area contributed by atoms with Crippen LogP contribution in [0.15, 0.2) is 54.9 Å². The van der Waals surface area contributed by atoms with Gasteiger partial charge < -0.3 is 10.6 Å². The van der Waals surface area contributed by atoms with Gasteiger partial charge in [-0.25, -0.2) is 9.97 Å². The molecule has 0 fully saturated rings. The average Bonchev–Trinajstić information content (AvgIpc) is 2.63. The first-order chi connectivity index (χ1) is 13.2. The Morgan fingerprint density at radius 1 is 0.893 bits per heavy atom. The highest BCUT2D eigenvalue weighted by Crippen LogP contribution is 2.34. The topological polar surface area (TPSA) is 93.0 Å². The maximum atomic E-state index is 12.7. The Morgan fingerprint density at radius 3 is 1.79 bits per heavy atom. The monoisotopic (exact) mass is 409 g/mol. The molecule has 1 aromatic heterocycles. The second-order valence-electron chi connectivity index (χ2n) is 5.51. The van der Waals surface area contributed by atoms with Crippen LogP contribution >= 0.6 is 11.6 Å². The molecule has 144 valence electrons. The first kappa shape index (κ1) is 19.4. The van der Waals surface area contributed by atoms with Crippen molar-refractivity contribution in [1.82, 2.24) is 9.97 Å². The van der Waals surface area contributed by atoms with Gasteiger partial charge in [0.05, 0.1) is 10.5 Å². The van der Waals surface area contributed by atoms with Gasteiger partial charge in [0.15, 0.2) is 0 Å². The summed E-state index contributed by atoms with van der Waals surface area (Å²) >= 11 is 5.81. The summed E-state index contributed by atoms with van der Waals surface area (Å²) in [7, 11) is 0. The van der Waals surface area contributed by atoms with E-state index in [0.29, 0.717) is 10.7 Å². The number of nitro groups is 1. The molecule has 0 atom stereocenters. The third kappa shape index (κ3) is 4.46. The second kappa shape index (κ2) is 7.69. The molecule has 0 saturated carbocycles. The molecule has 0 unspecified atom stereocenters. The highest BCUT2D eigenvalue weighted by Gasteiger charge is 2.30. The lowest BCUT2D eigenvalue weighted by atomic mass is 10.2. The van der Waals surface area contributed by atoms with E-state index in [-0.39, 0.29) is 17.3 Å². The van der Waals surface area contributed by atoms with Crippen LogP contribution in [0.1, 0.15) is 5.56 Å². The molecular weight excluding hydrogens is 399 g/mol. The quantitative estimate of drug-likeness (QED) is 0.424. The second-order valence-corrected chi connectivity index (χ2v) is 5.95. The Kier molecular flexibility index (Phi) is 5.32. The van der Waals surface area contributed by atoms with Crippen LogP contribution < -0.4 is 10.6 Å². The number of hydrogen-bond acceptors (Lipinski definition) is 6. The van der Waals surface area contributed by atoms with Gasteiger partial charge in [-0.15, -0.1) is 0 Å². The normalized spacial score (nSPS) is 11.1. The minimum absolute atomic E-state index is 0.0864. The van der Waals surface area contributed by atoms with E-state index < -0.39 is 22.4 Å². The minimum Gasteiger partial charge on any atom is -0.334 e. The Balaban J connectivity index is 1.91. The van der Waals surface area contributed by atoms with Crippen LogP contribution in [0.3, 0.4) is 0 Å². The van der Waals surface area contributed by atoms with Gasteiger partial charge in [-0.3, -0.25) is 10.1 Å². The molecular formula is C17H11ClF3N5O2. The zero-order chi connectivity index (χ0) is 20.3. The summed E-state index contributed by atoms with van der Waals surface area (Å²) in [6, 6.07) is 10.4. The van der Waals surface area contributed by atoms with Gasteiger partial charge in [0.1, 0.15) is 6.33 Å². The third-order valence-corrected chi connectivity index (χ3v) is 3.84. The van der Waals surface area contributed by atoms with Crippen molar-refractivity contribution < 1.29 is 18.1 Å². The number of anilines is 4. The van der Waals surface area contributed by atoms with E-state index >= 15 is 0 Å². The molecule has 28 heavy (non-hydrogen) atoms. The van der Waals surface area contributed by atoms with Crippen LogP contribution in [0.25, 0.3) is 0 Å². The van der Waals surface area contributed by atoms with E-state index in [1.54, 1.807) is 24.3 Å². The molecule has 0 aliphatic carbocycles. The molecule has 11 heteroatoms. The summed E-state index contributed by atoms with van der Waals surface area (Å²) in [6.45, 7) is 0. The van der Waals surface area contributed by atoms with Crippen LogP contribution in [0, 0.1) is 10.1 Å². The SMILES string of the molecule is O=[N+]([O-])c1c(Nc2ccc(Cl)cc2)ncnc1Nc1ccc(C(F)(F)F)cc1. The van der Waals surface area contributed by atoms with Gasteiger partial charge in [0.2, 0.25) is 11.6 Å². The first-order valence-electron chi connectivity index (χ1n) is 7.70. The summed E-state index contributed by atoms with van der Waals surface area (Å²) in [5.41, 5.74) is -0.586. The van der Waals surface area contributed by atoms with E-state index in [1.807, 2.05) is 0 Å². The molecule has 7 nitrogen and oxygen atoms in total. The van der Waals surface area contributed by atoms with Crippen LogP contribution in [-0.4, -0.2) is 14.9 Å². The van der Waals surface area contributed by atoms with Crippen molar-refractivity contribution in [1.29, 1.82) is 0 Å².